The molecule has 9 nitrogen and oxygen atoms in total. The molecule has 0 aliphatic carbocycles. The third-order valence-corrected chi connectivity index (χ3v) is 4.96. The van der Waals surface area contributed by atoms with Crippen LogP contribution < -0.4 is 4.90 Å². The topological polar surface area (TPSA) is 89.9 Å². The largest absolute Gasteiger partial charge is 0.356 e. The predicted molar refractivity (Wildman–Crippen MR) is 98.9 cm³/mol. The van der Waals surface area contributed by atoms with Crippen molar-refractivity contribution in [3.8, 4) is 5.82 Å². The summed E-state index contributed by atoms with van der Waals surface area (Å²) in [5, 5.41) is 17.7. The molecule has 4 aromatic rings. The lowest BCUT2D eigenvalue weighted by atomic mass is 9.96. The molecule has 1 fully saturated rings. The quantitative estimate of drug-likeness (QED) is 0.549. The summed E-state index contributed by atoms with van der Waals surface area (Å²) in [6.07, 6.45) is 7.40. The van der Waals surface area contributed by atoms with Crippen molar-refractivity contribution < 1.29 is 0 Å². The maximum atomic E-state index is 4.70. The third-order valence-electron chi connectivity index (χ3n) is 4.96. The van der Waals surface area contributed by atoms with Gasteiger partial charge in [-0.2, -0.15) is 9.61 Å². The molecule has 0 saturated carbocycles. The smallest absolute Gasteiger partial charge is 0.178 e. The molecule has 0 spiro atoms. The number of hydrogen-bond acceptors (Lipinski definition) is 7. The van der Waals surface area contributed by atoms with E-state index in [0.717, 1.165) is 54.9 Å². The van der Waals surface area contributed by atoms with Crippen LogP contribution in [0.3, 0.4) is 0 Å². The predicted octanol–water partition coefficient (Wildman–Crippen LogP) is 1.79. The summed E-state index contributed by atoms with van der Waals surface area (Å²) in [6, 6.07) is 7.68. The Bertz CT molecular complexity index is 1060. The fraction of sp³-hybridized carbons (Fsp3) is 0.333. The second-order valence-electron chi connectivity index (χ2n) is 6.69. The maximum absolute atomic E-state index is 4.70. The Morgan fingerprint density at radius 2 is 1.89 bits per heavy atom. The van der Waals surface area contributed by atoms with Crippen molar-refractivity contribution in [1.29, 1.82) is 0 Å². The number of anilines is 1. The summed E-state index contributed by atoms with van der Waals surface area (Å²) in [4.78, 5) is 11.0. The van der Waals surface area contributed by atoms with E-state index in [-0.39, 0.29) is 0 Å². The van der Waals surface area contributed by atoms with Gasteiger partial charge in [0, 0.05) is 37.6 Å². The minimum atomic E-state index is 0.319. The van der Waals surface area contributed by atoms with Gasteiger partial charge in [0.15, 0.2) is 17.3 Å². The van der Waals surface area contributed by atoms with Gasteiger partial charge >= 0.3 is 0 Å². The van der Waals surface area contributed by atoms with Gasteiger partial charge in [0.2, 0.25) is 0 Å². The molecule has 0 bridgehead atoms. The van der Waals surface area contributed by atoms with Crippen molar-refractivity contribution in [1.82, 2.24) is 39.6 Å². The van der Waals surface area contributed by atoms with Crippen molar-refractivity contribution in [2.75, 3.05) is 18.0 Å². The van der Waals surface area contributed by atoms with Gasteiger partial charge in [-0.15, -0.1) is 15.3 Å². The fourth-order valence-corrected chi connectivity index (χ4v) is 3.56. The van der Waals surface area contributed by atoms with Crippen molar-refractivity contribution in [2.45, 2.75) is 25.7 Å². The SMILES string of the molecule is Cc1nccc(N2CCC(c3nnc4ccc(-n5cccn5)nn34)CC2)n1. The lowest BCUT2D eigenvalue weighted by Gasteiger charge is -2.31. The highest BCUT2D eigenvalue weighted by Crippen LogP contribution is 2.28. The molecule has 1 saturated heterocycles. The van der Waals surface area contributed by atoms with E-state index in [9.17, 15) is 0 Å². The molecule has 1 aliphatic rings. The van der Waals surface area contributed by atoms with Gasteiger partial charge in [-0.25, -0.2) is 14.6 Å². The van der Waals surface area contributed by atoms with E-state index in [1.807, 2.05) is 48.1 Å². The van der Waals surface area contributed by atoms with Gasteiger partial charge in [-0.1, -0.05) is 0 Å². The number of aryl methyl sites for hydroxylation is 1. The summed E-state index contributed by atoms with van der Waals surface area (Å²) < 4.78 is 3.59. The van der Waals surface area contributed by atoms with Crippen LogP contribution >= 0.6 is 0 Å². The van der Waals surface area contributed by atoms with Crippen molar-refractivity contribution in [3.05, 3.63) is 54.5 Å². The first-order valence-electron chi connectivity index (χ1n) is 9.05. The molecule has 136 valence electrons. The van der Waals surface area contributed by atoms with Gasteiger partial charge in [0.05, 0.1) is 0 Å². The van der Waals surface area contributed by atoms with Gasteiger partial charge in [-0.3, -0.25) is 0 Å². The van der Waals surface area contributed by atoms with Gasteiger partial charge in [-0.05, 0) is 44.0 Å². The molecule has 5 rings (SSSR count). The summed E-state index contributed by atoms with van der Waals surface area (Å²) in [7, 11) is 0. The second kappa shape index (κ2) is 6.42. The molecule has 5 heterocycles. The van der Waals surface area contributed by atoms with E-state index < -0.39 is 0 Å². The van der Waals surface area contributed by atoms with Gasteiger partial charge in [0.1, 0.15) is 11.6 Å². The maximum Gasteiger partial charge on any atom is 0.178 e. The van der Waals surface area contributed by atoms with Crippen LogP contribution in [-0.2, 0) is 0 Å². The number of piperidine rings is 1. The molecule has 0 atom stereocenters. The standard InChI is InChI=1S/C18H19N9/c1-13-19-9-5-15(21-13)25-11-6-14(7-12-25)18-23-22-16-3-4-17(24-27(16)18)26-10-2-8-20-26/h2-5,8-10,14H,6-7,11-12H2,1H3. The molecular weight excluding hydrogens is 342 g/mol. The van der Waals surface area contributed by atoms with Crippen LogP contribution in [0.4, 0.5) is 5.82 Å². The van der Waals surface area contributed by atoms with Crippen LogP contribution in [-0.4, -0.2) is 52.6 Å². The highest BCUT2D eigenvalue weighted by molar-refractivity contribution is 5.41. The van der Waals surface area contributed by atoms with E-state index in [4.69, 9.17) is 5.10 Å². The first-order chi connectivity index (χ1) is 13.3. The molecule has 0 unspecified atom stereocenters. The Morgan fingerprint density at radius 3 is 2.67 bits per heavy atom. The fourth-order valence-electron chi connectivity index (χ4n) is 3.56. The molecule has 1 aliphatic heterocycles. The molecule has 0 aromatic carbocycles. The van der Waals surface area contributed by atoms with Gasteiger partial charge < -0.3 is 4.90 Å². The summed E-state index contributed by atoms with van der Waals surface area (Å²) in [5.41, 5.74) is 0.759. The van der Waals surface area contributed by atoms with Crippen LogP contribution in [0.2, 0.25) is 0 Å². The van der Waals surface area contributed by atoms with Crippen LogP contribution in [0, 0.1) is 6.92 Å². The minimum absolute atomic E-state index is 0.319. The molecule has 0 N–H and O–H groups in total. The molecule has 4 aromatic heterocycles. The van der Waals surface area contributed by atoms with E-state index in [2.05, 4.69) is 30.2 Å². The highest BCUT2D eigenvalue weighted by atomic mass is 15.4. The number of aromatic nitrogens is 8. The van der Waals surface area contributed by atoms with E-state index in [0.29, 0.717) is 5.92 Å². The number of fused-ring (bicyclic) bond motifs is 1. The second-order valence-corrected chi connectivity index (χ2v) is 6.69. The minimum Gasteiger partial charge on any atom is -0.356 e. The first-order valence-corrected chi connectivity index (χ1v) is 9.05. The zero-order chi connectivity index (χ0) is 18.2. The Balaban J connectivity index is 1.39. The average Bonchev–Trinajstić information content (AvgIpc) is 3.38. The Hall–Kier alpha value is -3.36. The molecular formula is C18H19N9. The zero-order valence-electron chi connectivity index (χ0n) is 15.0. The molecule has 27 heavy (non-hydrogen) atoms. The van der Waals surface area contributed by atoms with E-state index in [1.54, 1.807) is 10.9 Å². The van der Waals surface area contributed by atoms with Crippen LogP contribution in [0.1, 0.15) is 30.4 Å². The van der Waals surface area contributed by atoms with Crippen LogP contribution in [0.5, 0.6) is 0 Å². The van der Waals surface area contributed by atoms with E-state index >= 15 is 0 Å². The summed E-state index contributed by atoms with van der Waals surface area (Å²) in [6.45, 7) is 3.77. The monoisotopic (exact) mass is 361 g/mol. The summed E-state index contributed by atoms with van der Waals surface area (Å²) in [5.74, 6) is 3.78. The van der Waals surface area contributed by atoms with Crippen LogP contribution in [0.15, 0.2) is 42.9 Å². The van der Waals surface area contributed by atoms with Crippen molar-refractivity contribution >= 4 is 11.5 Å². The van der Waals surface area contributed by atoms with Crippen molar-refractivity contribution in [3.63, 3.8) is 0 Å². The number of rotatable bonds is 3. The highest BCUT2D eigenvalue weighted by Gasteiger charge is 2.26. The van der Waals surface area contributed by atoms with Crippen LogP contribution in [0.25, 0.3) is 11.5 Å². The van der Waals surface area contributed by atoms with Crippen molar-refractivity contribution in [2.24, 2.45) is 0 Å². The molecule has 0 radical (unpaired) electrons. The number of nitrogens with zero attached hydrogens (tertiary/aromatic N) is 9. The normalized spacial score (nSPS) is 15.5. The van der Waals surface area contributed by atoms with E-state index in [1.165, 1.54) is 0 Å². The average molecular weight is 361 g/mol. The Morgan fingerprint density at radius 1 is 1.00 bits per heavy atom. The Kier molecular flexibility index (Phi) is 3.77. The van der Waals surface area contributed by atoms with Gasteiger partial charge in [0.25, 0.3) is 0 Å². The number of hydrogen-bond donors (Lipinski definition) is 0. The molecule has 9 heteroatoms. The molecule has 0 amide bonds. The lowest BCUT2D eigenvalue weighted by molar-refractivity contribution is 0.474. The zero-order valence-corrected chi connectivity index (χ0v) is 15.0. The third kappa shape index (κ3) is 2.90. The lowest BCUT2D eigenvalue weighted by Crippen LogP contribution is -2.34. The Labute approximate surface area is 155 Å². The summed E-state index contributed by atoms with van der Waals surface area (Å²) >= 11 is 0. The first kappa shape index (κ1) is 15.9.